The van der Waals surface area contributed by atoms with Gasteiger partial charge in [-0.05, 0) is 41.5 Å². The lowest BCUT2D eigenvalue weighted by Crippen LogP contribution is -2.35. The van der Waals surface area contributed by atoms with E-state index in [9.17, 15) is 27.6 Å². The fourth-order valence-electron chi connectivity index (χ4n) is 2.87. The van der Waals surface area contributed by atoms with Crippen LogP contribution in [-0.2, 0) is 12.7 Å². The van der Waals surface area contributed by atoms with E-state index in [2.05, 4.69) is 5.32 Å². The van der Waals surface area contributed by atoms with Gasteiger partial charge in [0.2, 0.25) is 5.69 Å². The standard InChI is InChI=1S/C21H16F4N2O3/c1-30-15-6-7-16(18(11-15)21(23,24)25)13-5-8-19(22)17(10-13)20(28)26-12-14-4-2-3-9-27(14)29/h2-11H,12H2,1H3,(H,26,28). The van der Waals surface area contributed by atoms with Crippen molar-refractivity contribution in [1.29, 1.82) is 0 Å². The Morgan fingerprint density at radius 3 is 2.57 bits per heavy atom. The van der Waals surface area contributed by atoms with Crippen molar-refractivity contribution in [3.8, 4) is 16.9 Å². The van der Waals surface area contributed by atoms with Crippen LogP contribution in [0, 0.1) is 11.0 Å². The molecular formula is C21H16F4N2O3. The lowest BCUT2D eigenvalue weighted by atomic mass is 9.97. The highest BCUT2D eigenvalue weighted by Gasteiger charge is 2.34. The van der Waals surface area contributed by atoms with Crippen molar-refractivity contribution >= 4 is 5.91 Å². The van der Waals surface area contributed by atoms with Gasteiger partial charge in [-0.2, -0.15) is 17.9 Å². The first-order chi connectivity index (χ1) is 14.2. The summed E-state index contributed by atoms with van der Waals surface area (Å²) in [6, 6.07) is 11.1. The summed E-state index contributed by atoms with van der Waals surface area (Å²) in [6.45, 7) is -0.177. The molecule has 0 radical (unpaired) electrons. The van der Waals surface area contributed by atoms with Gasteiger partial charge in [0.05, 0.1) is 18.2 Å². The van der Waals surface area contributed by atoms with E-state index < -0.39 is 29.0 Å². The Labute approximate surface area is 169 Å². The van der Waals surface area contributed by atoms with Crippen LogP contribution in [-0.4, -0.2) is 13.0 Å². The zero-order valence-electron chi connectivity index (χ0n) is 15.7. The Balaban J connectivity index is 1.94. The number of ether oxygens (including phenoxy) is 1. The van der Waals surface area contributed by atoms with Crippen LogP contribution in [0.2, 0.25) is 0 Å². The summed E-state index contributed by atoms with van der Waals surface area (Å²) in [4.78, 5) is 12.4. The summed E-state index contributed by atoms with van der Waals surface area (Å²) >= 11 is 0. The number of rotatable bonds is 5. The van der Waals surface area contributed by atoms with Gasteiger partial charge in [0, 0.05) is 12.1 Å². The molecule has 3 rings (SSSR count). The van der Waals surface area contributed by atoms with E-state index in [-0.39, 0.29) is 29.1 Å². The van der Waals surface area contributed by atoms with E-state index in [1.54, 1.807) is 6.07 Å². The molecule has 0 unspecified atom stereocenters. The number of halogens is 4. The molecule has 0 atom stereocenters. The molecule has 1 heterocycles. The van der Waals surface area contributed by atoms with Gasteiger partial charge in [-0.3, -0.25) is 4.79 Å². The minimum Gasteiger partial charge on any atom is -0.618 e. The molecule has 0 saturated heterocycles. The summed E-state index contributed by atoms with van der Waals surface area (Å²) < 4.78 is 60.1. The van der Waals surface area contributed by atoms with Crippen molar-refractivity contribution in [1.82, 2.24) is 5.32 Å². The number of hydrogen-bond acceptors (Lipinski definition) is 3. The molecule has 9 heteroatoms. The van der Waals surface area contributed by atoms with Crippen molar-refractivity contribution in [2.45, 2.75) is 12.7 Å². The van der Waals surface area contributed by atoms with Crippen LogP contribution in [0.15, 0.2) is 60.8 Å². The third-order valence-corrected chi connectivity index (χ3v) is 4.39. The number of amides is 1. The predicted octanol–water partition coefficient (Wildman–Crippen LogP) is 4.08. The Hall–Kier alpha value is -3.62. The lowest BCUT2D eigenvalue weighted by Gasteiger charge is -2.15. The number of nitrogens with zero attached hydrogens (tertiary/aromatic N) is 1. The van der Waals surface area contributed by atoms with Crippen LogP contribution in [0.3, 0.4) is 0 Å². The number of pyridine rings is 1. The molecule has 2 aromatic carbocycles. The second kappa shape index (κ2) is 8.40. The second-order valence-electron chi connectivity index (χ2n) is 6.30. The van der Waals surface area contributed by atoms with Crippen molar-refractivity contribution in [2.75, 3.05) is 7.11 Å². The average Bonchev–Trinajstić information content (AvgIpc) is 2.72. The van der Waals surface area contributed by atoms with Gasteiger partial charge in [0.15, 0.2) is 6.20 Å². The van der Waals surface area contributed by atoms with Gasteiger partial charge in [0.1, 0.15) is 18.1 Å². The van der Waals surface area contributed by atoms with E-state index in [4.69, 9.17) is 4.74 Å². The predicted molar refractivity (Wildman–Crippen MR) is 100.0 cm³/mol. The third kappa shape index (κ3) is 4.51. The quantitative estimate of drug-likeness (QED) is 0.384. The molecule has 0 aliphatic rings. The van der Waals surface area contributed by atoms with Crippen LogP contribution >= 0.6 is 0 Å². The Kier molecular flexibility index (Phi) is 5.91. The maximum atomic E-state index is 14.2. The molecule has 0 saturated carbocycles. The Bertz CT molecular complexity index is 1080. The third-order valence-electron chi connectivity index (χ3n) is 4.39. The minimum atomic E-state index is -4.68. The van der Waals surface area contributed by atoms with Crippen molar-refractivity contribution in [3.63, 3.8) is 0 Å². The summed E-state index contributed by atoms with van der Waals surface area (Å²) in [7, 11) is 1.24. The number of hydrogen-bond donors (Lipinski definition) is 1. The van der Waals surface area contributed by atoms with Gasteiger partial charge < -0.3 is 15.3 Å². The maximum absolute atomic E-state index is 14.2. The molecule has 0 bridgehead atoms. The zero-order chi connectivity index (χ0) is 21.9. The fourth-order valence-corrected chi connectivity index (χ4v) is 2.87. The Morgan fingerprint density at radius 2 is 1.90 bits per heavy atom. The molecule has 5 nitrogen and oxygen atoms in total. The number of aromatic nitrogens is 1. The maximum Gasteiger partial charge on any atom is 0.417 e. The highest BCUT2D eigenvalue weighted by molar-refractivity contribution is 5.95. The first-order valence-corrected chi connectivity index (χ1v) is 8.71. The van der Waals surface area contributed by atoms with Gasteiger partial charge in [0.25, 0.3) is 5.91 Å². The second-order valence-corrected chi connectivity index (χ2v) is 6.30. The summed E-state index contributed by atoms with van der Waals surface area (Å²) in [5, 5.41) is 14.0. The van der Waals surface area contributed by atoms with Crippen molar-refractivity contribution < 1.29 is 31.8 Å². The van der Waals surface area contributed by atoms with E-state index in [1.165, 1.54) is 37.6 Å². The molecule has 30 heavy (non-hydrogen) atoms. The molecule has 1 aromatic heterocycles. The monoisotopic (exact) mass is 420 g/mol. The van der Waals surface area contributed by atoms with E-state index in [1.807, 2.05) is 0 Å². The summed E-state index contributed by atoms with van der Waals surface area (Å²) in [5.74, 6) is -1.75. The normalized spacial score (nSPS) is 11.2. The first-order valence-electron chi connectivity index (χ1n) is 8.71. The van der Waals surface area contributed by atoms with Gasteiger partial charge in [-0.25, -0.2) is 4.39 Å². The molecule has 3 aromatic rings. The van der Waals surface area contributed by atoms with Crippen molar-refractivity contribution in [2.24, 2.45) is 0 Å². The minimum absolute atomic E-state index is 0.00938. The first kappa shape index (κ1) is 21.1. The van der Waals surface area contributed by atoms with Crippen molar-refractivity contribution in [3.05, 3.63) is 88.6 Å². The smallest absolute Gasteiger partial charge is 0.417 e. The molecule has 0 aliphatic carbocycles. The van der Waals surface area contributed by atoms with Crippen LogP contribution in [0.25, 0.3) is 11.1 Å². The number of methoxy groups -OCH3 is 1. The number of nitrogens with one attached hydrogen (secondary N) is 1. The number of carbonyl (C=O) groups is 1. The summed E-state index contributed by atoms with van der Waals surface area (Å²) in [5.41, 5.74) is -1.41. The number of alkyl halides is 3. The molecule has 0 aliphatic heterocycles. The highest BCUT2D eigenvalue weighted by atomic mass is 19.4. The zero-order valence-corrected chi connectivity index (χ0v) is 15.7. The fraction of sp³-hybridized carbons (Fsp3) is 0.143. The van der Waals surface area contributed by atoms with E-state index in [0.29, 0.717) is 4.73 Å². The SMILES string of the molecule is COc1ccc(-c2ccc(F)c(C(=O)NCc3cccc[n+]3[O-])c2)c(C(F)(F)F)c1. The molecule has 0 fully saturated rings. The average molecular weight is 420 g/mol. The highest BCUT2D eigenvalue weighted by Crippen LogP contribution is 2.39. The number of benzene rings is 2. The topological polar surface area (TPSA) is 65.3 Å². The van der Waals surface area contributed by atoms with Gasteiger partial charge in [-0.15, -0.1) is 0 Å². The van der Waals surface area contributed by atoms with E-state index in [0.717, 1.165) is 24.3 Å². The van der Waals surface area contributed by atoms with Gasteiger partial charge >= 0.3 is 6.18 Å². The lowest BCUT2D eigenvalue weighted by molar-refractivity contribution is -0.614. The molecule has 1 N–H and O–H groups in total. The van der Waals surface area contributed by atoms with Crippen LogP contribution in [0.4, 0.5) is 17.6 Å². The molecule has 156 valence electrons. The van der Waals surface area contributed by atoms with Crippen LogP contribution in [0.5, 0.6) is 5.75 Å². The van der Waals surface area contributed by atoms with Crippen LogP contribution < -0.4 is 14.8 Å². The number of carbonyl (C=O) groups excluding carboxylic acids is 1. The van der Waals surface area contributed by atoms with Gasteiger partial charge in [-0.1, -0.05) is 12.1 Å². The molecular weight excluding hydrogens is 404 g/mol. The molecule has 0 spiro atoms. The molecule has 1 amide bonds. The Morgan fingerprint density at radius 1 is 1.13 bits per heavy atom. The van der Waals surface area contributed by atoms with Crippen LogP contribution in [0.1, 0.15) is 21.6 Å². The largest absolute Gasteiger partial charge is 0.618 e. The summed E-state index contributed by atoms with van der Waals surface area (Å²) in [6.07, 6.45) is -3.44. The van der Waals surface area contributed by atoms with E-state index >= 15 is 0 Å².